The van der Waals surface area contributed by atoms with Crippen molar-refractivity contribution in [2.24, 2.45) is 0 Å². The quantitative estimate of drug-likeness (QED) is 0.219. The molecule has 1 aliphatic rings. The Bertz CT molecular complexity index is 2020. The van der Waals surface area contributed by atoms with Gasteiger partial charge in [0.25, 0.3) is 11.8 Å². The molecule has 0 saturated heterocycles. The van der Waals surface area contributed by atoms with Crippen molar-refractivity contribution >= 4 is 50.2 Å². The second-order valence-electron chi connectivity index (χ2n) is 10.5. The van der Waals surface area contributed by atoms with E-state index in [4.69, 9.17) is 16.3 Å². The molecule has 0 radical (unpaired) electrons. The van der Waals surface area contributed by atoms with Crippen molar-refractivity contribution in [1.82, 2.24) is 24.3 Å². The maximum atomic E-state index is 14.0. The number of nitrogens with one attached hydrogen (secondary N) is 1. The van der Waals surface area contributed by atoms with Crippen LogP contribution in [-0.4, -0.2) is 50.2 Å². The number of hydrogen-bond donors (Lipinski definition) is 1. The third-order valence-corrected chi connectivity index (χ3v) is 8.73. The number of rotatable bonds is 7. The van der Waals surface area contributed by atoms with E-state index in [1.807, 2.05) is 30.3 Å². The SMILES string of the molecule is O=C(NCc1cccc2cccnc12)c1c2n(c(=O)n1-c1ccc(OCC(F)(F)F)cc1)CCN(C(=O)c1ccc(Br)c(Cl)c1)C2. The van der Waals surface area contributed by atoms with Crippen LogP contribution in [0.5, 0.6) is 5.75 Å². The minimum Gasteiger partial charge on any atom is -0.484 e. The van der Waals surface area contributed by atoms with Gasteiger partial charge in [0, 0.05) is 41.3 Å². The van der Waals surface area contributed by atoms with Crippen LogP contribution in [0.2, 0.25) is 5.02 Å². The van der Waals surface area contributed by atoms with Crippen molar-refractivity contribution in [2.45, 2.75) is 25.8 Å². The molecule has 14 heteroatoms. The van der Waals surface area contributed by atoms with E-state index in [1.165, 1.54) is 44.4 Å². The number of aromatic nitrogens is 3. The van der Waals surface area contributed by atoms with Crippen LogP contribution in [0.25, 0.3) is 16.6 Å². The molecule has 0 unspecified atom stereocenters. The normalized spacial score (nSPS) is 13.0. The molecule has 3 heterocycles. The summed E-state index contributed by atoms with van der Waals surface area (Å²) in [6.45, 7) is -1.14. The number of fused-ring (bicyclic) bond motifs is 2. The van der Waals surface area contributed by atoms with Gasteiger partial charge in [0.2, 0.25) is 0 Å². The van der Waals surface area contributed by atoms with Crippen LogP contribution < -0.4 is 15.7 Å². The molecule has 2 amide bonds. The first-order chi connectivity index (χ1) is 22.0. The number of nitrogens with zero attached hydrogens (tertiary/aromatic N) is 4. The highest BCUT2D eigenvalue weighted by Crippen LogP contribution is 2.27. The van der Waals surface area contributed by atoms with Crippen LogP contribution in [0.4, 0.5) is 13.2 Å². The summed E-state index contributed by atoms with van der Waals surface area (Å²) in [7, 11) is 0. The molecule has 9 nitrogen and oxygen atoms in total. The first-order valence-electron chi connectivity index (χ1n) is 14.0. The van der Waals surface area contributed by atoms with Crippen molar-refractivity contribution in [3.05, 3.63) is 121 Å². The van der Waals surface area contributed by atoms with Gasteiger partial charge in [-0.2, -0.15) is 13.2 Å². The van der Waals surface area contributed by atoms with Gasteiger partial charge in [0.15, 0.2) is 6.61 Å². The number of carbonyl (C=O) groups is 2. The fourth-order valence-corrected chi connectivity index (χ4v) is 5.77. The fourth-order valence-electron chi connectivity index (χ4n) is 5.34. The number of ether oxygens (including phenoxy) is 1. The zero-order valence-electron chi connectivity index (χ0n) is 23.9. The number of halogens is 5. The smallest absolute Gasteiger partial charge is 0.422 e. The number of carbonyl (C=O) groups excluding carboxylic acids is 2. The van der Waals surface area contributed by atoms with Crippen LogP contribution >= 0.6 is 27.5 Å². The Hall–Kier alpha value is -4.62. The summed E-state index contributed by atoms with van der Waals surface area (Å²) in [6, 6.07) is 19.5. The molecule has 0 saturated carbocycles. The number of hydrogen-bond acceptors (Lipinski definition) is 5. The van der Waals surface area contributed by atoms with Crippen LogP contribution in [0.15, 0.2) is 88.3 Å². The third-order valence-electron chi connectivity index (χ3n) is 7.50. The molecular formula is C32H24BrClF3N5O4. The van der Waals surface area contributed by atoms with Gasteiger partial charge in [0.1, 0.15) is 11.4 Å². The van der Waals surface area contributed by atoms with E-state index in [2.05, 4.69) is 26.2 Å². The van der Waals surface area contributed by atoms with E-state index in [0.29, 0.717) is 26.3 Å². The monoisotopic (exact) mass is 713 g/mol. The van der Waals surface area contributed by atoms with E-state index in [9.17, 15) is 27.6 Å². The molecular weight excluding hydrogens is 691 g/mol. The number of alkyl halides is 3. The number of imidazole rings is 1. The van der Waals surface area contributed by atoms with Gasteiger partial charge >= 0.3 is 11.9 Å². The molecule has 0 spiro atoms. The number of pyridine rings is 1. The molecule has 0 fully saturated rings. The second-order valence-corrected chi connectivity index (χ2v) is 11.8. The zero-order chi connectivity index (χ0) is 32.6. The molecule has 1 N–H and O–H groups in total. The first kappa shape index (κ1) is 31.4. The van der Waals surface area contributed by atoms with Gasteiger partial charge in [-0.25, -0.2) is 4.79 Å². The lowest BCUT2D eigenvalue weighted by molar-refractivity contribution is -0.153. The van der Waals surface area contributed by atoms with Crippen LogP contribution in [-0.2, 0) is 19.6 Å². The summed E-state index contributed by atoms with van der Waals surface area (Å²) < 4.78 is 46.1. The standard InChI is InChI=1S/C32H24BrClF3N5O4/c33-24-11-6-20(15-25(24)34)30(44)40-13-14-41-26(17-40)28(29(43)39-16-21-4-1-3-19-5-2-12-38-27(19)21)42(31(41)45)22-7-9-23(10-8-22)46-18-32(35,36)37/h1-12,15H,13-14,16-18H2,(H,39,43). The Morgan fingerprint density at radius 3 is 2.52 bits per heavy atom. The van der Waals surface area contributed by atoms with E-state index in [0.717, 1.165) is 10.9 Å². The van der Waals surface area contributed by atoms with Gasteiger partial charge < -0.3 is 15.0 Å². The predicted octanol–water partition coefficient (Wildman–Crippen LogP) is 6.13. The average Bonchev–Trinajstić information content (AvgIpc) is 3.34. The highest BCUT2D eigenvalue weighted by atomic mass is 79.9. The Morgan fingerprint density at radius 2 is 1.78 bits per heavy atom. The van der Waals surface area contributed by atoms with Crippen molar-refractivity contribution < 1.29 is 27.5 Å². The number of benzene rings is 3. The molecule has 2 aromatic heterocycles. The lowest BCUT2D eigenvalue weighted by Crippen LogP contribution is -2.41. The van der Waals surface area contributed by atoms with E-state index >= 15 is 0 Å². The predicted molar refractivity (Wildman–Crippen MR) is 168 cm³/mol. The van der Waals surface area contributed by atoms with Gasteiger partial charge in [-0.15, -0.1) is 0 Å². The Kier molecular flexibility index (Phi) is 8.62. The van der Waals surface area contributed by atoms with Crippen LogP contribution in [0.1, 0.15) is 32.1 Å². The van der Waals surface area contributed by atoms with Crippen molar-refractivity contribution in [3.63, 3.8) is 0 Å². The van der Waals surface area contributed by atoms with Crippen LogP contribution in [0, 0.1) is 0 Å². The lowest BCUT2D eigenvalue weighted by Gasteiger charge is -2.28. The lowest BCUT2D eigenvalue weighted by atomic mass is 10.1. The van der Waals surface area contributed by atoms with Crippen molar-refractivity contribution in [2.75, 3.05) is 13.2 Å². The Morgan fingerprint density at radius 1 is 1.02 bits per heavy atom. The van der Waals surface area contributed by atoms with Gasteiger partial charge in [-0.3, -0.25) is 23.7 Å². The summed E-state index contributed by atoms with van der Waals surface area (Å²) >= 11 is 9.54. The maximum Gasteiger partial charge on any atom is 0.422 e. The molecule has 1 aliphatic heterocycles. The van der Waals surface area contributed by atoms with Crippen molar-refractivity contribution in [1.29, 1.82) is 0 Å². The first-order valence-corrected chi connectivity index (χ1v) is 15.2. The minimum atomic E-state index is -4.52. The molecule has 0 atom stereocenters. The third kappa shape index (κ3) is 6.38. The molecule has 0 bridgehead atoms. The average molecular weight is 715 g/mol. The zero-order valence-corrected chi connectivity index (χ0v) is 26.2. The summed E-state index contributed by atoms with van der Waals surface area (Å²) in [6.07, 6.45) is -2.87. The van der Waals surface area contributed by atoms with Crippen LogP contribution in [0.3, 0.4) is 0 Å². The van der Waals surface area contributed by atoms with Gasteiger partial charge in [-0.05, 0) is 70.0 Å². The number of amides is 2. The second kappa shape index (κ2) is 12.6. The molecule has 0 aliphatic carbocycles. The van der Waals surface area contributed by atoms with E-state index in [-0.39, 0.29) is 49.2 Å². The highest BCUT2D eigenvalue weighted by molar-refractivity contribution is 9.10. The topological polar surface area (TPSA) is 98.5 Å². The minimum absolute atomic E-state index is 0.00602. The maximum absolute atomic E-state index is 14.0. The van der Waals surface area contributed by atoms with Crippen molar-refractivity contribution in [3.8, 4) is 11.4 Å². The fraction of sp³-hybridized carbons (Fsp3) is 0.188. The van der Waals surface area contributed by atoms with E-state index in [1.54, 1.807) is 18.3 Å². The number of para-hydroxylation sites is 1. The summed E-state index contributed by atoms with van der Waals surface area (Å²) in [5, 5.41) is 4.14. The Balaban J connectivity index is 1.36. The molecule has 3 aromatic carbocycles. The molecule has 5 aromatic rings. The molecule has 236 valence electrons. The highest BCUT2D eigenvalue weighted by Gasteiger charge is 2.33. The Labute approximate surface area is 273 Å². The van der Waals surface area contributed by atoms with E-state index < -0.39 is 24.4 Å². The summed E-state index contributed by atoms with van der Waals surface area (Å²) in [4.78, 5) is 47.2. The summed E-state index contributed by atoms with van der Waals surface area (Å²) in [5.74, 6) is -0.977. The largest absolute Gasteiger partial charge is 0.484 e. The van der Waals surface area contributed by atoms with Gasteiger partial charge in [-0.1, -0.05) is 35.9 Å². The molecule has 6 rings (SSSR count). The molecule has 46 heavy (non-hydrogen) atoms. The van der Waals surface area contributed by atoms with Gasteiger partial charge in [0.05, 0.1) is 28.5 Å². The summed E-state index contributed by atoms with van der Waals surface area (Å²) in [5.41, 5.74) is 1.81.